The van der Waals surface area contributed by atoms with Crippen molar-refractivity contribution >= 4 is 46.7 Å². The van der Waals surface area contributed by atoms with Crippen molar-refractivity contribution in [1.29, 1.82) is 0 Å². The number of ether oxygens (including phenoxy) is 1. The second-order valence-corrected chi connectivity index (χ2v) is 7.02. The molecule has 0 N–H and O–H groups in total. The Balaban J connectivity index is 1.84. The van der Waals surface area contributed by atoms with E-state index in [-0.39, 0.29) is 0 Å². The maximum absolute atomic E-state index is 6.15. The zero-order valence-corrected chi connectivity index (χ0v) is 16.3. The van der Waals surface area contributed by atoms with Crippen LogP contribution in [0, 0.1) is 6.92 Å². The minimum Gasteiger partial charge on any atom is -0.488 e. The van der Waals surface area contributed by atoms with Crippen molar-refractivity contribution in [3.05, 3.63) is 92.4 Å². The van der Waals surface area contributed by atoms with E-state index in [9.17, 15) is 0 Å². The van der Waals surface area contributed by atoms with E-state index in [1.807, 2.05) is 61.5 Å². The van der Waals surface area contributed by atoms with Crippen molar-refractivity contribution in [2.24, 2.45) is 4.99 Å². The highest BCUT2D eigenvalue weighted by Gasteiger charge is 2.05. The fraction of sp³-hybridized carbons (Fsp3) is 0.0952. The van der Waals surface area contributed by atoms with Crippen molar-refractivity contribution in [3.8, 4) is 5.75 Å². The Morgan fingerprint density at radius 3 is 2.50 bits per heavy atom. The molecule has 0 aliphatic rings. The highest BCUT2D eigenvalue weighted by molar-refractivity contribution is 6.32. The molecule has 0 aromatic heterocycles. The van der Waals surface area contributed by atoms with Crippen molar-refractivity contribution in [2.45, 2.75) is 13.5 Å². The van der Waals surface area contributed by atoms with E-state index >= 15 is 0 Å². The monoisotopic (exact) mass is 403 g/mol. The highest BCUT2D eigenvalue weighted by Crippen LogP contribution is 2.27. The second kappa shape index (κ2) is 8.59. The van der Waals surface area contributed by atoms with Crippen LogP contribution >= 0.6 is 34.8 Å². The molecule has 0 spiro atoms. The lowest BCUT2D eigenvalue weighted by Gasteiger charge is -2.10. The number of hydrogen-bond donors (Lipinski definition) is 0. The van der Waals surface area contributed by atoms with Gasteiger partial charge in [0, 0.05) is 26.8 Å². The molecule has 0 aliphatic heterocycles. The van der Waals surface area contributed by atoms with Crippen LogP contribution in [-0.4, -0.2) is 6.21 Å². The van der Waals surface area contributed by atoms with E-state index in [0.717, 1.165) is 22.4 Å². The van der Waals surface area contributed by atoms with Gasteiger partial charge in [0.05, 0.1) is 5.69 Å². The van der Waals surface area contributed by atoms with Gasteiger partial charge in [0.15, 0.2) is 0 Å². The number of aliphatic imine (C=N–C) groups is 1. The Labute approximate surface area is 168 Å². The normalized spacial score (nSPS) is 11.1. The average molecular weight is 405 g/mol. The van der Waals surface area contributed by atoms with Gasteiger partial charge in [-0.2, -0.15) is 0 Å². The molecule has 0 unspecified atom stereocenters. The molecule has 3 aromatic carbocycles. The standard InChI is InChI=1S/C21H16Cl3NO/c1-14-19(24)6-3-7-20(14)25-12-16-11-18(23)8-9-21(16)26-13-15-4-2-5-17(22)10-15/h2-12H,13H2,1H3. The molecule has 5 heteroatoms. The van der Waals surface area contributed by atoms with Crippen LogP contribution in [0.4, 0.5) is 5.69 Å². The molecule has 0 bridgehead atoms. The van der Waals surface area contributed by atoms with E-state index < -0.39 is 0 Å². The SMILES string of the molecule is Cc1c(Cl)cccc1N=Cc1cc(Cl)ccc1OCc1cccc(Cl)c1. The Hall–Kier alpha value is -2.00. The third-order valence-electron chi connectivity index (χ3n) is 3.84. The van der Waals surface area contributed by atoms with Gasteiger partial charge in [-0.1, -0.05) is 53.0 Å². The molecular weight excluding hydrogens is 389 g/mol. The first-order valence-corrected chi connectivity index (χ1v) is 9.12. The first-order valence-electron chi connectivity index (χ1n) is 7.99. The van der Waals surface area contributed by atoms with Crippen molar-refractivity contribution in [1.82, 2.24) is 0 Å². The molecule has 0 atom stereocenters. The largest absolute Gasteiger partial charge is 0.488 e. The maximum atomic E-state index is 6.15. The first kappa shape index (κ1) is 18.8. The third-order valence-corrected chi connectivity index (χ3v) is 4.72. The molecule has 0 aliphatic carbocycles. The van der Waals surface area contributed by atoms with E-state index in [0.29, 0.717) is 27.4 Å². The first-order chi connectivity index (χ1) is 12.5. The fourth-order valence-corrected chi connectivity index (χ4v) is 2.98. The summed E-state index contributed by atoms with van der Waals surface area (Å²) in [5, 5.41) is 1.98. The van der Waals surface area contributed by atoms with Crippen LogP contribution in [0.25, 0.3) is 0 Å². The van der Waals surface area contributed by atoms with Gasteiger partial charge in [0.1, 0.15) is 12.4 Å². The molecule has 3 aromatic rings. The summed E-state index contributed by atoms with van der Waals surface area (Å²) < 4.78 is 5.94. The smallest absolute Gasteiger partial charge is 0.128 e. The Kier molecular flexibility index (Phi) is 6.20. The summed E-state index contributed by atoms with van der Waals surface area (Å²) in [5.41, 5.74) is 3.51. The highest BCUT2D eigenvalue weighted by atomic mass is 35.5. The summed E-state index contributed by atoms with van der Waals surface area (Å²) in [6.45, 7) is 2.34. The Morgan fingerprint density at radius 1 is 0.923 bits per heavy atom. The minimum atomic E-state index is 0.402. The van der Waals surface area contributed by atoms with Gasteiger partial charge in [-0.05, 0) is 60.5 Å². The summed E-state index contributed by atoms with van der Waals surface area (Å²) in [4.78, 5) is 4.54. The third kappa shape index (κ3) is 4.79. The molecule has 0 heterocycles. The van der Waals surface area contributed by atoms with Gasteiger partial charge in [0.25, 0.3) is 0 Å². The summed E-state index contributed by atoms with van der Waals surface area (Å²) in [7, 11) is 0. The zero-order chi connectivity index (χ0) is 18.5. The summed E-state index contributed by atoms with van der Waals surface area (Å²) >= 11 is 18.3. The van der Waals surface area contributed by atoms with Crippen LogP contribution < -0.4 is 4.74 Å². The molecule has 0 saturated carbocycles. The molecular formula is C21H16Cl3NO. The van der Waals surface area contributed by atoms with Crippen LogP contribution in [-0.2, 0) is 6.61 Å². The predicted octanol–water partition coefficient (Wildman–Crippen LogP) is 7.28. The molecule has 3 rings (SSSR count). The second-order valence-electron chi connectivity index (χ2n) is 5.74. The Bertz CT molecular complexity index is 954. The molecule has 0 radical (unpaired) electrons. The number of rotatable bonds is 5. The summed E-state index contributed by atoms with van der Waals surface area (Å²) in [6, 6.07) is 18.6. The van der Waals surface area contributed by atoms with Crippen molar-refractivity contribution < 1.29 is 4.74 Å². The number of nitrogens with zero attached hydrogens (tertiary/aromatic N) is 1. The van der Waals surface area contributed by atoms with E-state index in [1.54, 1.807) is 12.3 Å². The quantitative estimate of drug-likeness (QED) is 0.409. The number of halogens is 3. The van der Waals surface area contributed by atoms with Gasteiger partial charge in [-0.25, -0.2) is 0 Å². The maximum Gasteiger partial charge on any atom is 0.128 e. The van der Waals surface area contributed by atoms with E-state index in [2.05, 4.69) is 4.99 Å². The van der Waals surface area contributed by atoms with Crippen LogP contribution in [0.5, 0.6) is 5.75 Å². The van der Waals surface area contributed by atoms with Gasteiger partial charge in [-0.15, -0.1) is 0 Å². The minimum absolute atomic E-state index is 0.402. The van der Waals surface area contributed by atoms with E-state index in [4.69, 9.17) is 39.5 Å². The Morgan fingerprint density at radius 2 is 1.69 bits per heavy atom. The molecule has 0 amide bonds. The molecule has 132 valence electrons. The topological polar surface area (TPSA) is 21.6 Å². The molecule has 26 heavy (non-hydrogen) atoms. The molecule has 0 saturated heterocycles. The predicted molar refractivity (Wildman–Crippen MR) is 111 cm³/mol. The van der Waals surface area contributed by atoms with Gasteiger partial charge in [-0.3, -0.25) is 4.99 Å². The summed E-state index contributed by atoms with van der Waals surface area (Å²) in [5.74, 6) is 0.692. The lowest BCUT2D eigenvalue weighted by Crippen LogP contribution is -1.98. The lowest BCUT2D eigenvalue weighted by molar-refractivity contribution is 0.306. The van der Waals surface area contributed by atoms with E-state index in [1.165, 1.54) is 0 Å². The van der Waals surface area contributed by atoms with Crippen LogP contribution in [0.2, 0.25) is 15.1 Å². The zero-order valence-electron chi connectivity index (χ0n) is 14.0. The van der Waals surface area contributed by atoms with Crippen LogP contribution in [0.3, 0.4) is 0 Å². The van der Waals surface area contributed by atoms with Gasteiger partial charge >= 0.3 is 0 Å². The molecule has 2 nitrogen and oxygen atoms in total. The molecule has 0 fully saturated rings. The van der Waals surface area contributed by atoms with Crippen LogP contribution in [0.15, 0.2) is 65.7 Å². The van der Waals surface area contributed by atoms with Crippen molar-refractivity contribution in [3.63, 3.8) is 0 Å². The lowest BCUT2D eigenvalue weighted by atomic mass is 10.2. The van der Waals surface area contributed by atoms with Gasteiger partial charge in [0.2, 0.25) is 0 Å². The van der Waals surface area contributed by atoms with Crippen molar-refractivity contribution in [2.75, 3.05) is 0 Å². The number of benzene rings is 3. The van der Waals surface area contributed by atoms with Crippen LogP contribution in [0.1, 0.15) is 16.7 Å². The number of hydrogen-bond acceptors (Lipinski definition) is 2. The summed E-state index contributed by atoms with van der Waals surface area (Å²) in [6.07, 6.45) is 1.73. The van der Waals surface area contributed by atoms with Gasteiger partial charge < -0.3 is 4.74 Å². The fourth-order valence-electron chi connectivity index (χ4n) is 2.41. The average Bonchev–Trinajstić information content (AvgIpc) is 2.62.